The molecule has 172 valence electrons. The highest BCUT2D eigenvalue weighted by Gasteiger charge is 2.25. The van der Waals surface area contributed by atoms with Gasteiger partial charge >= 0.3 is 5.97 Å². The smallest absolute Gasteiger partial charge is 0.338 e. The maximum absolute atomic E-state index is 12.7. The number of ether oxygens (including phenoxy) is 1. The lowest BCUT2D eigenvalue weighted by Crippen LogP contribution is -2.31. The molecule has 0 fully saturated rings. The Morgan fingerprint density at radius 1 is 1.19 bits per heavy atom. The van der Waals surface area contributed by atoms with Crippen LogP contribution in [0.15, 0.2) is 47.4 Å². The van der Waals surface area contributed by atoms with E-state index in [1.165, 1.54) is 47.6 Å². The van der Waals surface area contributed by atoms with Gasteiger partial charge in [0.25, 0.3) is 11.6 Å². The van der Waals surface area contributed by atoms with Gasteiger partial charge < -0.3 is 10.1 Å². The van der Waals surface area contributed by atoms with Crippen LogP contribution < -0.4 is 5.32 Å². The van der Waals surface area contributed by atoms with E-state index in [0.29, 0.717) is 0 Å². The number of nitrogens with zero attached hydrogens (tertiary/aromatic N) is 2. The molecule has 10 nitrogen and oxygen atoms in total. The van der Waals surface area contributed by atoms with Crippen molar-refractivity contribution in [2.75, 3.05) is 18.4 Å². The van der Waals surface area contributed by atoms with Gasteiger partial charge in [-0.3, -0.25) is 14.9 Å². The molecular formula is C20H22ClN3O7S. The molecule has 0 aliphatic carbocycles. The van der Waals surface area contributed by atoms with Crippen LogP contribution in [0.3, 0.4) is 0 Å². The molecule has 32 heavy (non-hydrogen) atoms. The van der Waals surface area contributed by atoms with Gasteiger partial charge in [-0.1, -0.05) is 31.5 Å². The lowest BCUT2D eigenvalue weighted by Gasteiger charge is -2.19. The average Bonchev–Trinajstić information content (AvgIpc) is 2.75. The van der Waals surface area contributed by atoms with Gasteiger partial charge in [0.1, 0.15) is 0 Å². The van der Waals surface area contributed by atoms with Crippen molar-refractivity contribution in [2.45, 2.75) is 31.8 Å². The molecule has 2 aromatic carbocycles. The van der Waals surface area contributed by atoms with Gasteiger partial charge in [0.05, 0.1) is 26.1 Å². The molecule has 12 heteroatoms. The largest absolute Gasteiger partial charge is 0.449 e. The van der Waals surface area contributed by atoms with Gasteiger partial charge in [0.15, 0.2) is 6.10 Å². The standard InChI is InChI=1S/C20H22ClN3O7S/c1-4-23(5-2)32(29,30)16-8-6-7-14(11-16)20(26)31-13(3)19(25)22-18-12-15(24(27)28)9-10-17(18)21/h6-13H,4-5H2,1-3H3,(H,22,25). The van der Waals surface area contributed by atoms with E-state index in [-0.39, 0.29) is 39.9 Å². The zero-order chi connectivity index (χ0) is 24.1. The quantitative estimate of drug-likeness (QED) is 0.327. The van der Waals surface area contributed by atoms with Gasteiger partial charge in [-0.05, 0) is 31.2 Å². The number of halogens is 1. The van der Waals surface area contributed by atoms with Crippen molar-refractivity contribution in [3.8, 4) is 0 Å². The molecule has 2 rings (SSSR count). The van der Waals surface area contributed by atoms with E-state index in [9.17, 15) is 28.1 Å². The average molecular weight is 484 g/mol. The molecule has 0 bridgehead atoms. The summed E-state index contributed by atoms with van der Waals surface area (Å²) in [5.74, 6) is -1.68. The van der Waals surface area contributed by atoms with Crippen LogP contribution in [0.25, 0.3) is 0 Å². The van der Waals surface area contributed by atoms with Crippen molar-refractivity contribution >= 4 is 44.9 Å². The normalized spacial score (nSPS) is 12.3. The number of rotatable bonds is 9. The highest BCUT2D eigenvalue weighted by atomic mass is 35.5. The predicted molar refractivity (Wildman–Crippen MR) is 118 cm³/mol. The number of carbonyl (C=O) groups excluding carboxylic acids is 2. The summed E-state index contributed by atoms with van der Waals surface area (Å²) < 4.78 is 31.7. The minimum atomic E-state index is -3.78. The molecule has 0 radical (unpaired) electrons. The van der Waals surface area contributed by atoms with Crippen molar-refractivity contribution in [3.63, 3.8) is 0 Å². The third kappa shape index (κ3) is 5.81. The second-order valence-corrected chi connectivity index (χ2v) is 8.92. The first kappa shape index (κ1) is 25.2. The van der Waals surface area contributed by atoms with Crippen LogP contribution in [0.5, 0.6) is 0 Å². The third-order valence-corrected chi connectivity index (χ3v) is 6.86. The minimum Gasteiger partial charge on any atom is -0.449 e. The van der Waals surface area contributed by atoms with Crippen LogP contribution >= 0.6 is 11.6 Å². The number of carbonyl (C=O) groups is 2. The Hall–Kier alpha value is -3.02. The van der Waals surface area contributed by atoms with Crippen LogP contribution in [-0.2, 0) is 19.6 Å². The van der Waals surface area contributed by atoms with E-state index in [4.69, 9.17) is 16.3 Å². The van der Waals surface area contributed by atoms with Crippen LogP contribution in [-0.4, -0.2) is 48.7 Å². The summed E-state index contributed by atoms with van der Waals surface area (Å²) in [7, 11) is -3.78. The molecule has 0 saturated carbocycles. The molecule has 1 atom stereocenters. The number of amides is 1. The molecule has 0 heterocycles. The number of anilines is 1. The van der Waals surface area contributed by atoms with E-state index in [1.54, 1.807) is 13.8 Å². The Kier molecular flexibility index (Phi) is 8.31. The highest BCUT2D eigenvalue weighted by Crippen LogP contribution is 2.27. The van der Waals surface area contributed by atoms with Crippen LogP contribution in [0, 0.1) is 10.1 Å². The van der Waals surface area contributed by atoms with E-state index in [1.807, 2.05) is 0 Å². The van der Waals surface area contributed by atoms with Crippen molar-refractivity contribution in [2.24, 2.45) is 0 Å². The predicted octanol–water partition coefficient (Wildman–Crippen LogP) is 3.46. The van der Waals surface area contributed by atoms with Gasteiger partial charge in [-0.2, -0.15) is 4.31 Å². The fourth-order valence-electron chi connectivity index (χ4n) is 2.74. The monoisotopic (exact) mass is 483 g/mol. The first-order chi connectivity index (χ1) is 15.0. The highest BCUT2D eigenvalue weighted by molar-refractivity contribution is 7.89. The maximum atomic E-state index is 12.7. The number of esters is 1. The lowest BCUT2D eigenvalue weighted by atomic mass is 10.2. The zero-order valence-corrected chi connectivity index (χ0v) is 19.1. The van der Waals surface area contributed by atoms with Gasteiger partial charge in [-0.25, -0.2) is 13.2 Å². The number of nitro benzene ring substituents is 1. The van der Waals surface area contributed by atoms with Crippen molar-refractivity contribution in [3.05, 3.63) is 63.2 Å². The van der Waals surface area contributed by atoms with Crippen molar-refractivity contribution in [1.29, 1.82) is 0 Å². The summed E-state index contributed by atoms with van der Waals surface area (Å²) in [6.07, 6.45) is -1.29. The fourth-order valence-corrected chi connectivity index (χ4v) is 4.40. The van der Waals surface area contributed by atoms with E-state index in [0.717, 1.165) is 6.07 Å². The summed E-state index contributed by atoms with van der Waals surface area (Å²) in [4.78, 5) is 35.1. The number of nitrogens with one attached hydrogen (secondary N) is 1. The molecule has 2 aromatic rings. The summed E-state index contributed by atoms with van der Waals surface area (Å²) in [5, 5.41) is 13.3. The van der Waals surface area contributed by atoms with E-state index >= 15 is 0 Å². The Labute approximate surface area is 190 Å². The summed E-state index contributed by atoms with van der Waals surface area (Å²) in [6, 6.07) is 8.83. The van der Waals surface area contributed by atoms with Crippen LogP contribution in [0.1, 0.15) is 31.1 Å². The van der Waals surface area contributed by atoms with E-state index < -0.39 is 32.9 Å². The molecule has 0 aliphatic heterocycles. The zero-order valence-electron chi connectivity index (χ0n) is 17.6. The van der Waals surface area contributed by atoms with Crippen molar-refractivity contribution in [1.82, 2.24) is 4.31 Å². The molecule has 0 saturated heterocycles. The maximum Gasteiger partial charge on any atom is 0.338 e. The molecule has 1 unspecified atom stereocenters. The van der Waals surface area contributed by atoms with Crippen LogP contribution in [0.4, 0.5) is 11.4 Å². The fraction of sp³-hybridized carbons (Fsp3) is 0.300. The second kappa shape index (κ2) is 10.5. The summed E-state index contributed by atoms with van der Waals surface area (Å²) in [6.45, 7) is 5.24. The third-order valence-electron chi connectivity index (χ3n) is 4.48. The Balaban J connectivity index is 2.15. The summed E-state index contributed by atoms with van der Waals surface area (Å²) in [5.41, 5.74) is -0.340. The van der Waals surface area contributed by atoms with Gasteiger partial charge in [0.2, 0.25) is 10.0 Å². The first-order valence-electron chi connectivity index (χ1n) is 9.57. The number of hydrogen-bond acceptors (Lipinski definition) is 7. The van der Waals surface area contributed by atoms with Gasteiger partial charge in [0, 0.05) is 25.2 Å². The second-order valence-electron chi connectivity index (χ2n) is 6.58. The molecule has 1 amide bonds. The molecule has 0 aromatic heterocycles. The molecule has 0 spiro atoms. The van der Waals surface area contributed by atoms with Crippen molar-refractivity contribution < 1.29 is 27.7 Å². The number of non-ortho nitro benzene ring substituents is 1. The number of nitro groups is 1. The van der Waals surface area contributed by atoms with E-state index in [2.05, 4.69) is 5.32 Å². The minimum absolute atomic E-state index is 0.0129. The Morgan fingerprint density at radius 3 is 2.44 bits per heavy atom. The molecule has 0 aliphatic rings. The molecular weight excluding hydrogens is 462 g/mol. The van der Waals surface area contributed by atoms with Crippen LogP contribution in [0.2, 0.25) is 5.02 Å². The Bertz CT molecular complexity index is 1130. The SMILES string of the molecule is CCN(CC)S(=O)(=O)c1cccc(C(=O)OC(C)C(=O)Nc2cc([N+](=O)[O-])ccc2Cl)c1. The number of benzene rings is 2. The number of sulfonamides is 1. The lowest BCUT2D eigenvalue weighted by molar-refractivity contribution is -0.384. The summed E-state index contributed by atoms with van der Waals surface area (Å²) >= 11 is 5.95. The topological polar surface area (TPSA) is 136 Å². The Morgan fingerprint density at radius 2 is 1.84 bits per heavy atom. The molecule has 1 N–H and O–H groups in total. The number of hydrogen-bond donors (Lipinski definition) is 1. The first-order valence-corrected chi connectivity index (χ1v) is 11.4. The van der Waals surface area contributed by atoms with Gasteiger partial charge in [-0.15, -0.1) is 0 Å².